The highest BCUT2D eigenvalue weighted by atomic mass is 35.5. The van der Waals surface area contributed by atoms with Gasteiger partial charge in [0.25, 0.3) is 0 Å². The zero-order valence-electron chi connectivity index (χ0n) is 12.8. The lowest BCUT2D eigenvalue weighted by Crippen LogP contribution is -2.38. The summed E-state index contributed by atoms with van der Waals surface area (Å²) in [7, 11) is 0. The maximum atomic E-state index is 12.2. The fraction of sp³-hybridized carbons (Fsp3) is 0.438. The van der Waals surface area contributed by atoms with Crippen LogP contribution >= 0.6 is 23.4 Å². The second kappa shape index (κ2) is 7.03. The Morgan fingerprint density at radius 3 is 2.88 bits per heavy atom. The number of carboxylic acid groups (broad SMARTS) is 1. The smallest absolute Gasteiger partial charge is 0.306 e. The average molecular weight is 369 g/mol. The number of carbonyl (C=O) groups excluding carboxylic acids is 2. The molecule has 3 atom stereocenters. The van der Waals surface area contributed by atoms with Crippen molar-refractivity contribution < 1.29 is 19.5 Å². The number of nitrogens with one attached hydrogen (secondary N) is 2. The average Bonchev–Trinajstić information content (AvgIpc) is 2.97. The first kappa shape index (κ1) is 17.1. The molecule has 1 fully saturated rings. The highest BCUT2D eigenvalue weighted by Gasteiger charge is 2.33. The maximum Gasteiger partial charge on any atom is 0.306 e. The number of halogens is 1. The number of carbonyl (C=O) groups is 3. The molecule has 1 aliphatic heterocycles. The number of hydrogen-bond acceptors (Lipinski definition) is 4. The first-order valence-electron chi connectivity index (χ1n) is 7.71. The SMILES string of the molecule is O=C(CC1Sc2ccc(Cl)cc2NC1=O)N[C@@H]1CC[C@H](C(=O)O)C1. The number of hydrogen-bond donors (Lipinski definition) is 3. The topological polar surface area (TPSA) is 95.5 Å². The van der Waals surface area contributed by atoms with Gasteiger partial charge < -0.3 is 15.7 Å². The van der Waals surface area contributed by atoms with Crippen LogP contribution < -0.4 is 10.6 Å². The van der Waals surface area contributed by atoms with E-state index >= 15 is 0 Å². The standard InChI is InChI=1S/C16H17ClN2O4S/c17-9-2-4-12-11(6-9)19-15(21)13(24-12)7-14(20)18-10-3-1-8(5-10)16(22)23/h2,4,6,8,10,13H,1,3,5,7H2,(H,18,20)(H,19,21)(H,22,23)/t8-,10+,13?/m0/s1. The molecule has 1 unspecified atom stereocenters. The zero-order chi connectivity index (χ0) is 17.3. The van der Waals surface area contributed by atoms with Crippen molar-refractivity contribution in [2.24, 2.45) is 5.92 Å². The third-order valence-electron chi connectivity index (χ3n) is 4.28. The molecule has 1 aromatic carbocycles. The maximum absolute atomic E-state index is 12.2. The minimum atomic E-state index is -0.816. The van der Waals surface area contributed by atoms with Crippen LogP contribution in [0.1, 0.15) is 25.7 Å². The number of amides is 2. The summed E-state index contributed by atoms with van der Waals surface area (Å²) in [5.74, 6) is -1.65. The number of thioether (sulfide) groups is 1. The number of benzene rings is 1. The van der Waals surface area contributed by atoms with E-state index in [0.29, 0.717) is 30.0 Å². The molecule has 3 N–H and O–H groups in total. The number of aliphatic carboxylic acids is 1. The van der Waals surface area contributed by atoms with E-state index in [0.717, 1.165) is 4.90 Å². The van der Waals surface area contributed by atoms with E-state index in [1.165, 1.54) is 11.8 Å². The summed E-state index contributed by atoms with van der Waals surface area (Å²) in [6.45, 7) is 0. The van der Waals surface area contributed by atoms with Crippen LogP contribution in [-0.4, -0.2) is 34.2 Å². The molecule has 0 bridgehead atoms. The van der Waals surface area contributed by atoms with Gasteiger partial charge in [-0.1, -0.05) is 11.6 Å². The quantitative estimate of drug-likeness (QED) is 0.759. The van der Waals surface area contributed by atoms with Gasteiger partial charge in [0.15, 0.2) is 0 Å². The van der Waals surface area contributed by atoms with Gasteiger partial charge in [-0.15, -0.1) is 11.8 Å². The van der Waals surface area contributed by atoms with Crippen molar-refractivity contribution in [3.63, 3.8) is 0 Å². The molecule has 1 aliphatic carbocycles. The molecule has 128 valence electrons. The van der Waals surface area contributed by atoms with E-state index in [1.807, 2.05) is 6.07 Å². The Morgan fingerprint density at radius 1 is 1.38 bits per heavy atom. The molecule has 3 rings (SSSR count). The van der Waals surface area contributed by atoms with Gasteiger partial charge in [-0.3, -0.25) is 14.4 Å². The summed E-state index contributed by atoms with van der Waals surface area (Å²) in [5, 5.41) is 14.7. The molecule has 1 heterocycles. The molecule has 24 heavy (non-hydrogen) atoms. The molecular formula is C16H17ClN2O4S. The molecule has 1 saturated carbocycles. The number of fused-ring (bicyclic) bond motifs is 1. The molecule has 0 spiro atoms. The Bertz CT molecular complexity index is 697. The Morgan fingerprint density at radius 2 is 2.17 bits per heavy atom. The molecule has 0 aromatic heterocycles. The minimum Gasteiger partial charge on any atom is -0.481 e. The first-order chi connectivity index (χ1) is 11.4. The molecule has 6 nitrogen and oxygen atoms in total. The van der Waals surface area contributed by atoms with Crippen LogP contribution in [0.5, 0.6) is 0 Å². The van der Waals surface area contributed by atoms with Crippen molar-refractivity contribution in [1.29, 1.82) is 0 Å². The second-order valence-electron chi connectivity index (χ2n) is 6.05. The molecule has 1 aromatic rings. The summed E-state index contributed by atoms with van der Waals surface area (Å²) in [6.07, 6.45) is 1.75. The first-order valence-corrected chi connectivity index (χ1v) is 8.97. The van der Waals surface area contributed by atoms with Crippen LogP contribution in [0.25, 0.3) is 0 Å². The molecule has 0 saturated heterocycles. The second-order valence-corrected chi connectivity index (χ2v) is 7.73. The normalized spacial score (nSPS) is 25.7. The number of rotatable bonds is 4. The molecule has 0 radical (unpaired) electrons. The van der Waals surface area contributed by atoms with Gasteiger partial charge in [0.05, 0.1) is 16.9 Å². The predicted octanol–water partition coefficient (Wildman–Crippen LogP) is 2.51. The lowest BCUT2D eigenvalue weighted by molar-refractivity contribution is -0.141. The van der Waals surface area contributed by atoms with Crippen molar-refractivity contribution in [2.45, 2.75) is 41.9 Å². The van der Waals surface area contributed by atoms with E-state index in [4.69, 9.17) is 16.7 Å². The van der Waals surface area contributed by atoms with Gasteiger partial charge in [-0.2, -0.15) is 0 Å². The van der Waals surface area contributed by atoms with Gasteiger partial charge in [-0.25, -0.2) is 0 Å². The van der Waals surface area contributed by atoms with E-state index in [9.17, 15) is 14.4 Å². The van der Waals surface area contributed by atoms with Crippen LogP contribution in [-0.2, 0) is 14.4 Å². The highest BCUT2D eigenvalue weighted by molar-refractivity contribution is 8.01. The fourth-order valence-corrected chi connectivity index (χ4v) is 4.31. The van der Waals surface area contributed by atoms with Crippen LogP contribution in [0.3, 0.4) is 0 Å². The molecule has 2 aliphatic rings. The number of carboxylic acids is 1. The summed E-state index contributed by atoms with van der Waals surface area (Å²) >= 11 is 7.25. The summed E-state index contributed by atoms with van der Waals surface area (Å²) in [6, 6.07) is 5.12. The van der Waals surface area contributed by atoms with Crippen molar-refractivity contribution in [2.75, 3.05) is 5.32 Å². The van der Waals surface area contributed by atoms with E-state index < -0.39 is 11.2 Å². The Labute approximate surface area is 148 Å². The molecule has 8 heteroatoms. The Kier molecular flexibility index (Phi) is 5.01. The Hall–Kier alpha value is -1.73. The van der Waals surface area contributed by atoms with Gasteiger partial charge in [0.1, 0.15) is 0 Å². The fourth-order valence-electron chi connectivity index (χ4n) is 3.05. The van der Waals surface area contributed by atoms with Crippen molar-refractivity contribution in [1.82, 2.24) is 5.32 Å². The van der Waals surface area contributed by atoms with Gasteiger partial charge >= 0.3 is 5.97 Å². The van der Waals surface area contributed by atoms with E-state index in [-0.39, 0.29) is 30.2 Å². The molecule has 2 amide bonds. The molecular weight excluding hydrogens is 352 g/mol. The van der Waals surface area contributed by atoms with Crippen molar-refractivity contribution in [3.05, 3.63) is 23.2 Å². The van der Waals surface area contributed by atoms with Crippen molar-refractivity contribution in [3.8, 4) is 0 Å². The van der Waals surface area contributed by atoms with Gasteiger partial charge in [0.2, 0.25) is 11.8 Å². The Balaban J connectivity index is 1.56. The lowest BCUT2D eigenvalue weighted by Gasteiger charge is -2.24. The third-order valence-corrected chi connectivity index (χ3v) is 5.79. The zero-order valence-corrected chi connectivity index (χ0v) is 14.3. The van der Waals surface area contributed by atoms with E-state index in [2.05, 4.69) is 10.6 Å². The minimum absolute atomic E-state index is 0.0623. The van der Waals surface area contributed by atoms with Crippen LogP contribution in [0.4, 0.5) is 5.69 Å². The number of anilines is 1. The lowest BCUT2D eigenvalue weighted by atomic mass is 10.1. The van der Waals surface area contributed by atoms with Gasteiger partial charge in [-0.05, 0) is 37.5 Å². The largest absolute Gasteiger partial charge is 0.481 e. The summed E-state index contributed by atoms with van der Waals surface area (Å²) in [5.41, 5.74) is 0.661. The highest BCUT2D eigenvalue weighted by Crippen LogP contribution is 2.38. The summed E-state index contributed by atoms with van der Waals surface area (Å²) in [4.78, 5) is 36.2. The van der Waals surface area contributed by atoms with Crippen molar-refractivity contribution >= 4 is 46.8 Å². The predicted molar refractivity (Wildman–Crippen MR) is 91.3 cm³/mol. The monoisotopic (exact) mass is 368 g/mol. The van der Waals surface area contributed by atoms with Crippen LogP contribution in [0.2, 0.25) is 5.02 Å². The summed E-state index contributed by atoms with van der Waals surface area (Å²) < 4.78 is 0. The third kappa shape index (κ3) is 3.84. The van der Waals surface area contributed by atoms with Crippen LogP contribution in [0.15, 0.2) is 23.1 Å². The van der Waals surface area contributed by atoms with Crippen LogP contribution in [0, 0.1) is 5.92 Å². The van der Waals surface area contributed by atoms with Gasteiger partial charge in [0, 0.05) is 22.4 Å². The van der Waals surface area contributed by atoms with E-state index in [1.54, 1.807) is 12.1 Å².